The number of carbonyl (C=O) groups is 1. The number of rotatable bonds is 11. The molecular weight excluding hydrogens is 678 g/mol. The van der Waals surface area contributed by atoms with Gasteiger partial charge in [0.05, 0.1) is 41.6 Å². The molecule has 2 saturated heterocycles. The van der Waals surface area contributed by atoms with Crippen molar-refractivity contribution in [3.63, 3.8) is 0 Å². The van der Waals surface area contributed by atoms with Crippen molar-refractivity contribution in [2.24, 2.45) is 0 Å². The van der Waals surface area contributed by atoms with Crippen molar-refractivity contribution in [1.82, 2.24) is 10.1 Å². The summed E-state index contributed by atoms with van der Waals surface area (Å²) in [5, 5.41) is 4.76. The SMILES string of the molecule is COC(=O)CCS(=O)(=O)c1cc(F)c2nc(N3[C@@H]4CC[C@H]3C[C@@H](OCc3c(-c5ccccc5OC(F)(F)F)noc3C3CC3)C4)sc2c1. The topological polar surface area (TPSA) is 121 Å². The van der Waals surface area contributed by atoms with E-state index in [0.29, 0.717) is 34.0 Å². The normalized spacial score (nSPS) is 21.2. The van der Waals surface area contributed by atoms with Gasteiger partial charge in [-0.1, -0.05) is 28.6 Å². The van der Waals surface area contributed by atoms with E-state index < -0.39 is 33.7 Å². The molecule has 256 valence electrons. The van der Waals surface area contributed by atoms with Crippen LogP contribution in [-0.4, -0.2) is 61.9 Å². The van der Waals surface area contributed by atoms with Crippen LogP contribution in [0.2, 0.25) is 0 Å². The number of anilines is 1. The summed E-state index contributed by atoms with van der Waals surface area (Å²) in [7, 11) is -2.77. The largest absolute Gasteiger partial charge is 0.573 e. The Morgan fingerprint density at radius 2 is 1.83 bits per heavy atom. The molecule has 1 aliphatic carbocycles. The number of alkyl halides is 3. The van der Waals surface area contributed by atoms with Gasteiger partial charge in [0.1, 0.15) is 22.7 Å². The van der Waals surface area contributed by atoms with Gasteiger partial charge in [-0.25, -0.2) is 17.8 Å². The molecule has 0 amide bonds. The molecule has 0 spiro atoms. The quantitative estimate of drug-likeness (QED) is 0.120. The van der Waals surface area contributed by atoms with Gasteiger partial charge >= 0.3 is 12.3 Å². The standard InChI is InChI=1S/C32H31F4N3O7S2/c1-43-27(40)10-11-48(41,42)21-14-24(33)29-26(15-21)47-31(37-29)39-18-8-9-19(39)13-20(12-18)44-16-23-28(38-46-30(23)17-6-7-17)22-4-2-3-5-25(22)45-32(34,35)36/h2-5,14-15,17-20H,6-13,16H2,1H3/t18-,19+,20+. The third kappa shape index (κ3) is 6.61. The highest BCUT2D eigenvalue weighted by atomic mass is 32.2. The number of halogens is 4. The molecule has 4 aromatic rings. The van der Waals surface area contributed by atoms with E-state index in [1.165, 1.54) is 42.7 Å². The number of hydrogen-bond donors (Lipinski definition) is 0. The first-order valence-corrected chi connectivity index (χ1v) is 18.0. The second-order valence-electron chi connectivity index (χ2n) is 12.3. The number of fused-ring (bicyclic) bond motifs is 3. The molecule has 2 aromatic carbocycles. The Kier molecular flexibility index (Phi) is 8.60. The van der Waals surface area contributed by atoms with E-state index in [4.69, 9.17) is 9.26 Å². The minimum Gasteiger partial charge on any atom is -0.469 e. The summed E-state index contributed by atoms with van der Waals surface area (Å²) in [6.07, 6.45) is -0.550. The number of carbonyl (C=O) groups excluding carboxylic acids is 1. The first-order valence-electron chi connectivity index (χ1n) is 15.5. The van der Waals surface area contributed by atoms with Gasteiger partial charge in [-0.05, 0) is 62.8 Å². The van der Waals surface area contributed by atoms with Crippen LogP contribution < -0.4 is 9.64 Å². The van der Waals surface area contributed by atoms with Crippen molar-refractivity contribution >= 4 is 42.5 Å². The number of para-hydroxylation sites is 1. The van der Waals surface area contributed by atoms with Gasteiger partial charge in [0, 0.05) is 29.1 Å². The number of methoxy groups -OCH3 is 1. The highest BCUT2D eigenvalue weighted by Crippen LogP contribution is 2.47. The second kappa shape index (κ2) is 12.6. The van der Waals surface area contributed by atoms with E-state index in [9.17, 15) is 26.4 Å². The van der Waals surface area contributed by atoms with Crippen molar-refractivity contribution in [2.45, 2.75) is 86.9 Å². The highest BCUT2D eigenvalue weighted by molar-refractivity contribution is 7.91. The Morgan fingerprint density at radius 1 is 1.10 bits per heavy atom. The maximum absolute atomic E-state index is 15.2. The third-order valence-corrected chi connectivity index (χ3v) is 11.8. The van der Waals surface area contributed by atoms with E-state index in [1.54, 1.807) is 6.07 Å². The molecule has 2 bridgehead atoms. The van der Waals surface area contributed by atoms with Crippen molar-refractivity contribution < 1.29 is 49.5 Å². The average Bonchev–Trinajstić information content (AvgIpc) is 3.55. The molecule has 48 heavy (non-hydrogen) atoms. The van der Waals surface area contributed by atoms with Gasteiger partial charge in [-0.3, -0.25) is 4.79 Å². The monoisotopic (exact) mass is 709 g/mol. The van der Waals surface area contributed by atoms with E-state index in [-0.39, 0.29) is 64.6 Å². The lowest BCUT2D eigenvalue weighted by Crippen LogP contribution is -2.45. The molecule has 7 rings (SSSR count). The minimum absolute atomic E-state index is 0.0476. The Morgan fingerprint density at radius 3 is 2.52 bits per heavy atom. The van der Waals surface area contributed by atoms with E-state index >= 15 is 4.39 Å². The number of esters is 1. The number of sulfone groups is 1. The predicted molar refractivity (Wildman–Crippen MR) is 166 cm³/mol. The summed E-state index contributed by atoms with van der Waals surface area (Å²) in [5.74, 6) is -1.53. The van der Waals surface area contributed by atoms with E-state index in [2.05, 4.69) is 24.5 Å². The van der Waals surface area contributed by atoms with Crippen LogP contribution in [0.3, 0.4) is 0 Å². The van der Waals surface area contributed by atoms with E-state index in [0.717, 1.165) is 31.7 Å². The molecule has 4 heterocycles. The number of piperidine rings is 1. The molecule has 1 saturated carbocycles. The van der Waals surface area contributed by atoms with Gasteiger partial charge in [-0.2, -0.15) is 0 Å². The molecule has 0 unspecified atom stereocenters. The highest BCUT2D eigenvalue weighted by Gasteiger charge is 2.43. The van der Waals surface area contributed by atoms with Crippen LogP contribution >= 0.6 is 11.3 Å². The lowest BCUT2D eigenvalue weighted by atomic mass is 10.00. The van der Waals surface area contributed by atoms with Gasteiger partial charge in [0.25, 0.3) is 0 Å². The molecular formula is C32H31F4N3O7S2. The summed E-state index contributed by atoms with van der Waals surface area (Å²) >= 11 is 1.22. The molecule has 16 heteroatoms. The van der Waals surface area contributed by atoms with Crippen LogP contribution in [0, 0.1) is 5.82 Å². The summed E-state index contributed by atoms with van der Waals surface area (Å²) in [5.41, 5.74) is 1.13. The number of aromatic nitrogens is 2. The van der Waals surface area contributed by atoms with Gasteiger partial charge in [-0.15, -0.1) is 13.2 Å². The van der Waals surface area contributed by atoms with Crippen LogP contribution in [0.1, 0.15) is 62.2 Å². The fourth-order valence-corrected chi connectivity index (χ4v) is 9.16. The van der Waals surface area contributed by atoms with Crippen LogP contribution in [0.4, 0.5) is 22.7 Å². The Balaban J connectivity index is 1.08. The second-order valence-corrected chi connectivity index (χ2v) is 15.4. The lowest BCUT2D eigenvalue weighted by Gasteiger charge is -2.38. The van der Waals surface area contributed by atoms with Gasteiger partial charge in [0.2, 0.25) is 0 Å². The van der Waals surface area contributed by atoms with Crippen molar-refractivity contribution in [2.75, 3.05) is 17.8 Å². The fraction of sp³-hybridized carbons (Fsp3) is 0.469. The maximum atomic E-state index is 15.2. The van der Waals surface area contributed by atoms with Crippen LogP contribution in [-0.2, 0) is 30.7 Å². The van der Waals surface area contributed by atoms with Crippen molar-refractivity contribution in [3.05, 3.63) is 53.5 Å². The summed E-state index contributed by atoms with van der Waals surface area (Å²) in [4.78, 5) is 18.0. The zero-order valence-electron chi connectivity index (χ0n) is 25.7. The molecule has 3 fully saturated rings. The lowest BCUT2D eigenvalue weighted by molar-refractivity contribution is -0.274. The maximum Gasteiger partial charge on any atom is 0.573 e. The first kappa shape index (κ1) is 32.8. The number of benzene rings is 2. The van der Waals surface area contributed by atoms with Crippen molar-refractivity contribution in [1.29, 1.82) is 0 Å². The Bertz CT molecular complexity index is 1940. The van der Waals surface area contributed by atoms with Crippen LogP contribution in [0.25, 0.3) is 21.5 Å². The molecule has 2 aliphatic heterocycles. The Labute approximate surface area is 276 Å². The van der Waals surface area contributed by atoms with Gasteiger partial charge < -0.3 is 23.6 Å². The zero-order chi connectivity index (χ0) is 33.8. The molecule has 0 N–H and O–H groups in total. The number of ether oxygens (including phenoxy) is 3. The minimum atomic E-state index is -4.87. The van der Waals surface area contributed by atoms with E-state index in [1.807, 2.05) is 0 Å². The molecule has 10 nitrogen and oxygen atoms in total. The van der Waals surface area contributed by atoms with Crippen molar-refractivity contribution in [3.8, 4) is 17.0 Å². The molecule has 3 aliphatic rings. The number of thiazole rings is 1. The zero-order valence-corrected chi connectivity index (χ0v) is 27.3. The Hall–Kier alpha value is -3.76. The fourth-order valence-electron chi connectivity index (χ4n) is 6.67. The predicted octanol–water partition coefficient (Wildman–Crippen LogP) is 6.92. The summed E-state index contributed by atoms with van der Waals surface area (Å²) in [6, 6.07) is 8.26. The number of nitrogens with zero attached hydrogens (tertiary/aromatic N) is 3. The third-order valence-electron chi connectivity index (χ3n) is 9.08. The first-order chi connectivity index (χ1) is 22.9. The summed E-state index contributed by atoms with van der Waals surface area (Å²) < 4.78 is 102. The van der Waals surface area contributed by atoms with Crippen LogP contribution in [0.15, 0.2) is 45.8 Å². The molecule has 2 aromatic heterocycles. The molecule has 0 radical (unpaired) electrons. The number of hydrogen-bond acceptors (Lipinski definition) is 11. The van der Waals surface area contributed by atoms with Gasteiger partial charge in [0.15, 0.2) is 20.8 Å². The smallest absolute Gasteiger partial charge is 0.469 e. The average molecular weight is 710 g/mol. The van der Waals surface area contributed by atoms with Crippen LogP contribution in [0.5, 0.6) is 5.75 Å². The summed E-state index contributed by atoms with van der Waals surface area (Å²) in [6.45, 7) is 0.106. The molecule has 3 atom stereocenters.